The fourth-order valence-electron chi connectivity index (χ4n) is 18.9. The average Bonchev–Trinajstić information content (AvgIpc) is 1.16. The normalized spacial score (nSPS) is 34.7. The number of allylic oxidation sites excluding steroid dienone is 7. The van der Waals surface area contributed by atoms with Crippen LogP contribution in [0.2, 0.25) is 0 Å². The number of unbranched alkanes of at least 4 members (excludes halogenated alkanes) is 3. The maximum absolute atomic E-state index is 14.9. The summed E-state index contributed by atoms with van der Waals surface area (Å²) in [4.78, 5) is 147. The van der Waals surface area contributed by atoms with Gasteiger partial charge < -0.3 is 77.4 Å². The highest BCUT2D eigenvalue weighted by Gasteiger charge is 2.66. The number of amides is 1. The van der Waals surface area contributed by atoms with Crippen molar-refractivity contribution < 1.29 is 111 Å². The van der Waals surface area contributed by atoms with E-state index < -0.39 is 166 Å². The predicted octanol–water partition coefficient (Wildman–Crippen LogP) is 10.8. The van der Waals surface area contributed by atoms with E-state index in [2.05, 4.69) is 0 Å². The molecule has 0 aromatic carbocycles. The number of fused-ring (bicyclic) bond motifs is 7. The van der Waals surface area contributed by atoms with Gasteiger partial charge in [0.05, 0.1) is 35.9 Å². The fourth-order valence-corrected chi connectivity index (χ4v) is 18.9. The molecule has 4 aliphatic carbocycles. The number of esters is 5. The third kappa shape index (κ3) is 22.0. The van der Waals surface area contributed by atoms with Crippen molar-refractivity contribution in [3.63, 3.8) is 0 Å². The van der Waals surface area contributed by atoms with E-state index in [1.165, 1.54) is 26.0 Å². The Kier molecular flexibility index (Phi) is 33.6. The van der Waals surface area contributed by atoms with Crippen LogP contribution in [-0.4, -0.2) is 238 Å². The number of hydrogen-bond donors (Lipinski definition) is 3. The second-order valence-electron chi connectivity index (χ2n) is 34.5. The first kappa shape index (κ1) is 92.5. The zero-order valence-electron chi connectivity index (χ0n) is 70.7. The maximum atomic E-state index is 14.9. The van der Waals surface area contributed by atoms with E-state index in [4.69, 9.17) is 47.4 Å². The quantitative estimate of drug-likeness (QED) is 0.0214. The number of piperidine rings is 1. The first-order valence-corrected chi connectivity index (χ1v) is 41.5. The van der Waals surface area contributed by atoms with Gasteiger partial charge in [-0.15, -0.1) is 0 Å². The van der Waals surface area contributed by atoms with Gasteiger partial charge in [-0.3, -0.25) is 38.4 Å². The molecule has 4 heterocycles. The Labute approximate surface area is 674 Å². The van der Waals surface area contributed by atoms with Gasteiger partial charge >= 0.3 is 29.8 Å². The summed E-state index contributed by atoms with van der Waals surface area (Å²) in [7, 11) is 11.7. The lowest BCUT2D eigenvalue weighted by Crippen LogP contribution is -2.61. The van der Waals surface area contributed by atoms with Crippen molar-refractivity contribution in [2.45, 2.75) is 283 Å². The van der Waals surface area contributed by atoms with Crippen LogP contribution in [0, 0.1) is 52.3 Å². The van der Waals surface area contributed by atoms with Crippen LogP contribution in [0.3, 0.4) is 0 Å². The van der Waals surface area contributed by atoms with E-state index in [1.54, 1.807) is 68.2 Å². The van der Waals surface area contributed by atoms with Gasteiger partial charge in [0.1, 0.15) is 54.6 Å². The second-order valence-corrected chi connectivity index (χ2v) is 34.5. The van der Waals surface area contributed by atoms with Gasteiger partial charge in [-0.25, -0.2) is 9.59 Å². The lowest BCUT2D eigenvalue weighted by Gasteiger charge is -2.54. The number of ether oxygens (including phenoxy) is 10. The summed E-state index contributed by atoms with van der Waals surface area (Å²) in [5.74, 6) is -12.8. The Morgan fingerprint density at radius 2 is 1.46 bits per heavy atom. The lowest BCUT2D eigenvalue weighted by atomic mass is 9.53. The summed E-state index contributed by atoms with van der Waals surface area (Å²) in [5.41, 5.74) is -0.268. The van der Waals surface area contributed by atoms with Gasteiger partial charge in [0.25, 0.3) is 11.7 Å². The van der Waals surface area contributed by atoms with Gasteiger partial charge in [-0.05, 0) is 185 Å². The number of ketones is 4. The van der Waals surface area contributed by atoms with Gasteiger partial charge in [0.2, 0.25) is 11.6 Å². The number of aliphatic hydroxyl groups is 3. The van der Waals surface area contributed by atoms with Crippen LogP contribution in [-0.2, 0) is 95.3 Å². The van der Waals surface area contributed by atoms with Crippen molar-refractivity contribution >= 4 is 58.9 Å². The Bertz CT molecular complexity index is 3680. The number of cyclic esters (lactones) is 2. The van der Waals surface area contributed by atoms with Crippen LogP contribution < -0.4 is 0 Å². The molecule has 5 fully saturated rings. The van der Waals surface area contributed by atoms with E-state index in [9.17, 15) is 63.3 Å². The molecule has 0 aromatic rings. The predicted molar refractivity (Wildman–Crippen MR) is 423 cm³/mol. The van der Waals surface area contributed by atoms with Crippen LogP contribution >= 0.6 is 0 Å². The van der Waals surface area contributed by atoms with Crippen LogP contribution in [0.25, 0.3) is 0 Å². The van der Waals surface area contributed by atoms with Crippen molar-refractivity contribution in [3.05, 3.63) is 81.9 Å². The third-order valence-electron chi connectivity index (χ3n) is 25.6. The largest absolute Gasteiger partial charge is 0.504 e. The molecule has 4 aliphatic heterocycles. The number of carbonyl (C=O) groups excluding carboxylic acids is 10. The number of methoxy groups -OCH3 is 4. The Morgan fingerprint density at radius 1 is 0.754 bits per heavy atom. The first-order valence-electron chi connectivity index (χ1n) is 41.5. The van der Waals surface area contributed by atoms with Crippen LogP contribution in [0.5, 0.6) is 0 Å². The molecule has 0 unspecified atom stereocenters. The molecule has 0 spiro atoms. The molecular formula is C88H131N3O23. The molecule has 8 rings (SSSR count). The van der Waals surface area contributed by atoms with E-state index in [0.717, 1.165) is 18.5 Å². The van der Waals surface area contributed by atoms with E-state index in [1.807, 2.05) is 82.0 Å². The molecule has 0 aromatic heterocycles. The Morgan fingerprint density at radius 3 is 2.11 bits per heavy atom. The highest BCUT2D eigenvalue weighted by atomic mass is 16.6. The highest BCUT2D eigenvalue weighted by Crippen LogP contribution is 2.64. The van der Waals surface area contributed by atoms with E-state index in [-0.39, 0.29) is 91.8 Å². The minimum absolute atomic E-state index is 0.0196. The highest BCUT2D eigenvalue weighted by molar-refractivity contribution is 6.39. The Balaban J connectivity index is 0.888. The monoisotopic (exact) mass is 1600 g/mol. The number of Topliss-reactive ketones (excluding diaryl/α,β-unsaturated/α-hetero) is 4. The summed E-state index contributed by atoms with van der Waals surface area (Å²) in [5, 5.41) is 36.0. The smallest absolute Gasteiger partial charge is 0.340 e. The SMILES string of the molecule is COC[C@H]1OC(=O)C(=CN(C)CCCN(C)C)C2=C(O)C(=O)C3=C([C@H](OC(C)=O)C[C@]4(C)[C@@H](OC(=O)CCCCCCC(=O)O[C@@H]5CC[C@@H](C[C@@H](C)[C@@H]6CC(=O)[C@H](C)C=C(C)[C@@H](O)[C@@H](OC)C(=O)[C@H](C)C[C@H](C)C=CC=CC=C(C)[C@@H](OC)C[C@@H]7CC[C@@H](C)[C@@](O)(O7)C(=O)C(=O)N7CCCC[C@H]7C(=O)O6)C[C@H]5OC)CC[C@@H]34)[C@]21C. The molecule has 2 saturated carbocycles. The van der Waals surface area contributed by atoms with Crippen molar-refractivity contribution in [2.24, 2.45) is 52.3 Å². The zero-order chi connectivity index (χ0) is 83.8. The number of hydrogen-bond acceptors (Lipinski definition) is 25. The molecule has 636 valence electrons. The van der Waals surface area contributed by atoms with Crippen molar-refractivity contribution in [1.29, 1.82) is 0 Å². The Hall–Kier alpha value is -7.04. The van der Waals surface area contributed by atoms with Crippen molar-refractivity contribution in [2.75, 3.05) is 75.8 Å². The minimum atomic E-state index is -2.50. The summed E-state index contributed by atoms with van der Waals surface area (Å²) >= 11 is 0. The number of aliphatic hydroxyl groups excluding tert-OH is 2. The van der Waals surface area contributed by atoms with Crippen LogP contribution in [0.1, 0.15) is 210 Å². The van der Waals surface area contributed by atoms with Gasteiger partial charge in [0.15, 0.2) is 11.5 Å². The van der Waals surface area contributed by atoms with E-state index >= 15 is 0 Å². The minimum Gasteiger partial charge on any atom is -0.504 e. The molecule has 1 amide bonds. The fraction of sp³-hybridized carbons (Fsp3) is 0.727. The van der Waals surface area contributed by atoms with Gasteiger partial charge in [-0.2, -0.15) is 0 Å². The molecule has 0 radical (unpaired) electrons. The van der Waals surface area contributed by atoms with Crippen LogP contribution in [0.4, 0.5) is 0 Å². The van der Waals surface area contributed by atoms with Crippen molar-refractivity contribution in [1.82, 2.24) is 14.7 Å². The first-order chi connectivity index (χ1) is 54.0. The lowest BCUT2D eigenvalue weighted by molar-refractivity contribution is -0.265. The van der Waals surface area contributed by atoms with Crippen molar-refractivity contribution in [3.8, 4) is 0 Å². The zero-order valence-corrected chi connectivity index (χ0v) is 70.7. The molecular weight excluding hydrogens is 1470 g/mol. The molecule has 21 atom stereocenters. The molecule has 8 aliphatic rings. The summed E-state index contributed by atoms with van der Waals surface area (Å²) in [6.07, 6.45) is 12.7. The molecule has 114 heavy (non-hydrogen) atoms. The summed E-state index contributed by atoms with van der Waals surface area (Å²) in [6, 6.07) is -1.23. The second kappa shape index (κ2) is 41.4. The standard InChI is InChI=1S/C88H131N3O23/c1-51-28-21-20-22-29-52(2)66(106-15)46-60-35-33-57(7)88(104,114-60)82(100)83(101)91-41-26-25-30-63(91)85(103)111-67(47-64(93)53(3)43-56(6)78(97)81(108-17)77(96)55(5)42-51)54(4)44-59-34-37-65(68(45-59)107-16)110-72(94)31-23-18-19-24-32-73(95)112-70-38-36-62-74-76(69(109-58(8)92)48-86(62,70)9)87(10)71(50-105-14)113-84(102)61(75(87)80(99)79(74)98)49-90(13)40-27-39-89(11)12/h20-22,28-29,43,49,51,53-55,57,59-60,62-63,65-71,78,81,97,99,104H,18-19,23-27,30-42,44-48,50H2,1-17H3/t51-,53-,54-,55-,57-,59+,60+,62+,63+,65-,66+,67+,68-,69-,70+,71-,78-,81+,86+,87+,88-/m1/s1. The molecule has 26 heteroatoms. The molecule has 3 saturated heterocycles. The maximum Gasteiger partial charge on any atom is 0.340 e. The average molecular weight is 1600 g/mol. The topological polar surface area (TPSA) is 333 Å². The number of rotatable bonds is 23. The molecule has 26 nitrogen and oxygen atoms in total. The molecule has 3 N–H and O–H groups in total. The molecule has 2 bridgehead atoms. The summed E-state index contributed by atoms with van der Waals surface area (Å²) in [6.45, 7) is 18.8. The number of nitrogens with zero attached hydrogens (tertiary/aromatic N) is 3. The van der Waals surface area contributed by atoms with E-state index in [0.29, 0.717) is 114 Å². The number of carbonyl (C=O) groups is 10. The van der Waals surface area contributed by atoms with Gasteiger partial charge in [0, 0.05) is 122 Å². The summed E-state index contributed by atoms with van der Waals surface area (Å²) < 4.78 is 60.4. The third-order valence-corrected chi connectivity index (χ3v) is 25.6. The van der Waals surface area contributed by atoms with Crippen LogP contribution in [0.15, 0.2) is 81.9 Å². The van der Waals surface area contributed by atoms with Gasteiger partial charge in [-0.1, -0.05) is 90.8 Å².